The molecule has 2 N–H and O–H groups in total. The second-order valence-electron chi connectivity index (χ2n) is 2.73. The van der Waals surface area contributed by atoms with E-state index in [1.54, 1.807) is 24.3 Å². The van der Waals surface area contributed by atoms with Gasteiger partial charge in [-0.3, -0.25) is 0 Å². The highest BCUT2D eigenvalue weighted by Crippen LogP contribution is 2.23. The summed E-state index contributed by atoms with van der Waals surface area (Å²) >= 11 is 3.23. The average Bonchev–Trinajstić information content (AvgIpc) is 2.09. The Balaban J connectivity index is 2.86. The predicted molar refractivity (Wildman–Crippen MR) is 51.9 cm³/mol. The fourth-order valence-corrected chi connectivity index (χ4v) is 1.36. The predicted octanol–water partition coefficient (Wildman–Crippen LogP) is 2.76. The molecular weight excluding hydrogens is 240 g/mol. The molecule has 1 nitrogen and oxygen atoms in total. The molecule has 1 aromatic rings. The fraction of sp³-hybridized carbons (Fsp3) is 0.333. The number of nitrogens with two attached hydrogens (primary N) is 1. The van der Waals surface area contributed by atoms with E-state index in [1.807, 2.05) is 0 Å². The van der Waals surface area contributed by atoms with Crippen molar-refractivity contribution in [1.29, 1.82) is 0 Å². The molecule has 0 spiro atoms. The van der Waals surface area contributed by atoms with Crippen LogP contribution < -0.4 is 5.73 Å². The number of hydrogen-bond donors (Lipinski definition) is 1. The zero-order chi connectivity index (χ0) is 9.84. The van der Waals surface area contributed by atoms with Crippen LogP contribution in [-0.4, -0.2) is 13.0 Å². The molecule has 1 unspecified atom stereocenters. The Kier molecular flexibility index (Phi) is 3.81. The third-order valence-corrected chi connectivity index (χ3v) is 2.38. The van der Waals surface area contributed by atoms with Crippen LogP contribution in [-0.2, 0) is 0 Å². The number of rotatable bonds is 3. The molecule has 0 fully saturated rings. The molecule has 13 heavy (non-hydrogen) atoms. The van der Waals surface area contributed by atoms with Gasteiger partial charge in [0.15, 0.2) is 0 Å². The lowest BCUT2D eigenvalue weighted by molar-refractivity contribution is 0.117. The maximum absolute atomic E-state index is 12.4. The molecular formula is C9H10BrF2N. The quantitative estimate of drug-likeness (QED) is 0.876. The molecule has 72 valence electrons. The van der Waals surface area contributed by atoms with E-state index in [-0.39, 0.29) is 6.54 Å². The van der Waals surface area contributed by atoms with Gasteiger partial charge in [0, 0.05) is 11.0 Å². The average molecular weight is 250 g/mol. The summed E-state index contributed by atoms with van der Waals surface area (Å²) in [7, 11) is 0. The van der Waals surface area contributed by atoms with Crippen LogP contribution in [0.5, 0.6) is 0 Å². The third kappa shape index (κ3) is 2.74. The standard InChI is InChI=1S/C9H10BrF2N/c10-7-3-1-6(2-4-7)8(5-13)9(11)12/h1-4,8-9H,5,13H2. The van der Waals surface area contributed by atoms with Crippen LogP contribution >= 0.6 is 15.9 Å². The van der Waals surface area contributed by atoms with Crippen molar-refractivity contribution in [2.45, 2.75) is 12.3 Å². The zero-order valence-electron chi connectivity index (χ0n) is 6.88. The first-order valence-corrected chi connectivity index (χ1v) is 4.68. The van der Waals surface area contributed by atoms with Crippen molar-refractivity contribution in [1.82, 2.24) is 0 Å². The topological polar surface area (TPSA) is 26.0 Å². The van der Waals surface area contributed by atoms with Crippen molar-refractivity contribution in [2.75, 3.05) is 6.54 Å². The monoisotopic (exact) mass is 249 g/mol. The highest BCUT2D eigenvalue weighted by Gasteiger charge is 2.20. The molecule has 1 rings (SSSR count). The summed E-state index contributed by atoms with van der Waals surface area (Å²) in [5, 5.41) is 0. The van der Waals surface area contributed by atoms with Gasteiger partial charge in [-0.25, -0.2) is 8.78 Å². The molecule has 0 aliphatic rings. The molecule has 1 aromatic carbocycles. The Labute approximate surface area is 84.1 Å². The lowest BCUT2D eigenvalue weighted by Crippen LogP contribution is -2.19. The molecule has 0 amide bonds. The molecule has 0 bridgehead atoms. The first-order chi connectivity index (χ1) is 6.15. The Bertz CT molecular complexity index is 261. The fourth-order valence-electron chi connectivity index (χ4n) is 1.09. The lowest BCUT2D eigenvalue weighted by atomic mass is 10.0. The van der Waals surface area contributed by atoms with Crippen molar-refractivity contribution in [2.24, 2.45) is 5.73 Å². The van der Waals surface area contributed by atoms with Crippen molar-refractivity contribution >= 4 is 15.9 Å². The first-order valence-electron chi connectivity index (χ1n) is 3.89. The van der Waals surface area contributed by atoms with E-state index in [2.05, 4.69) is 15.9 Å². The van der Waals surface area contributed by atoms with Crippen molar-refractivity contribution in [3.05, 3.63) is 34.3 Å². The highest BCUT2D eigenvalue weighted by atomic mass is 79.9. The summed E-state index contributed by atoms with van der Waals surface area (Å²) in [6.07, 6.45) is -2.40. The second kappa shape index (κ2) is 4.67. The van der Waals surface area contributed by atoms with Crippen LogP contribution in [0.1, 0.15) is 11.5 Å². The van der Waals surface area contributed by atoms with Crippen LogP contribution in [0.15, 0.2) is 28.7 Å². The number of alkyl halides is 2. The SMILES string of the molecule is NCC(c1ccc(Br)cc1)C(F)F. The van der Waals surface area contributed by atoms with Crippen molar-refractivity contribution < 1.29 is 8.78 Å². The summed E-state index contributed by atoms with van der Waals surface area (Å²) in [5.41, 5.74) is 5.84. The van der Waals surface area contributed by atoms with Gasteiger partial charge >= 0.3 is 0 Å². The lowest BCUT2D eigenvalue weighted by Gasteiger charge is -2.13. The Hall–Kier alpha value is -0.480. The van der Waals surface area contributed by atoms with Crippen LogP contribution in [0, 0.1) is 0 Å². The summed E-state index contributed by atoms with van der Waals surface area (Å²) in [6.45, 7) is -0.0285. The molecule has 0 aliphatic carbocycles. The van der Waals surface area contributed by atoms with E-state index in [1.165, 1.54) is 0 Å². The van der Waals surface area contributed by atoms with Crippen molar-refractivity contribution in [3.63, 3.8) is 0 Å². The van der Waals surface area contributed by atoms with Crippen LogP contribution in [0.2, 0.25) is 0 Å². The Morgan fingerprint density at radius 3 is 2.15 bits per heavy atom. The van der Waals surface area contributed by atoms with Gasteiger partial charge < -0.3 is 5.73 Å². The summed E-state index contributed by atoms with van der Waals surface area (Å²) in [6, 6.07) is 6.79. The van der Waals surface area contributed by atoms with E-state index >= 15 is 0 Å². The number of hydrogen-bond acceptors (Lipinski definition) is 1. The molecule has 0 aliphatic heterocycles. The van der Waals surface area contributed by atoms with Gasteiger partial charge in [-0.1, -0.05) is 28.1 Å². The van der Waals surface area contributed by atoms with Gasteiger partial charge in [0.1, 0.15) is 0 Å². The van der Waals surface area contributed by atoms with Gasteiger partial charge in [0.2, 0.25) is 6.43 Å². The smallest absolute Gasteiger partial charge is 0.246 e. The molecule has 0 saturated carbocycles. The zero-order valence-corrected chi connectivity index (χ0v) is 8.47. The molecule has 0 aromatic heterocycles. The van der Waals surface area contributed by atoms with Gasteiger partial charge in [-0.2, -0.15) is 0 Å². The molecule has 0 heterocycles. The van der Waals surface area contributed by atoms with E-state index in [0.29, 0.717) is 5.56 Å². The van der Waals surface area contributed by atoms with Crippen LogP contribution in [0.25, 0.3) is 0 Å². The molecule has 1 atom stereocenters. The van der Waals surface area contributed by atoms with E-state index in [4.69, 9.17) is 5.73 Å². The molecule has 0 saturated heterocycles. The largest absolute Gasteiger partial charge is 0.330 e. The highest BCUT2D eigenvalue weighted by molar-refractivity contribution is 9.10. The summed E-state index contributed by atoms with van der Waals surface area (Å²) < 4.78 is 25.7. The maximum atomic E-state index is 12.4. The van der Waals surface area contributed by atoms with Crippen molar-refractivity contribution in [3.8, 4) is 0 Å². The summed E-state index contributed by atoms with van der Waals surface area (Å²) in [5.74, 6) is -0.854. The van der Waals surface area contributed by atoms with Crippen LogP contribution in [0.4, 0.5) is 8.78 Å². The minimum Gasteiger partial charge on any atom is -0.330 e. The Morgan fingerprint density at radius 1 is 1.23 bits per heavy atom. The van der Waals surface area contributed by atoms with E-state index in [9.17, 15) is 8.78 Å². The van der Waals surface area contributed by atoms with Gasteiger partial charge in [0.25, 0.3) is 0 Å². The normalized spacial score (nSPS) is 13.3. The van der Waals surface area contributed by atoms with E-state index in [0.717, 1.165) is 4.47 Å². The summed E-state index contributed by atoms with van der Waals surface area (Å²) in [4.78, 5) is 0. The van der Waals surface area contributed by atoms with Gasteiger partial charge in [0.05, 0.1) is 5.92 Å². The number of benzene rings is 1. The molecule has 4 heteroatoms. The minimum absolute atomic E-state index is 0.0285. The van der Waals surface area contributed by atoms with Gasteiger partial charge in [-0.05, 0) is 17.7 Å². The third-order valence-electron chi connectivity index (χ3n) is 1.86. The Morgan fingerprint density at radius 2 is 1.77 bits per heavy atom. The number of halogens is 3. The van der Waals surface area contributed by atoms with Gasteiger partial charge in [-0.15, -0.1) is 0 Å². The maximum Gasteiger partial charge on any atom is 0.246 e. The molecule has 0 radical (unpaired) electrons. The second-order valence-corrected chi connectivity index (χ2v) is 3.64. The first kappa shape index (κ1) is 10.6. The minimum atomic E-state index is -2.40. The van der Waals surface area contributed by atoms with E-state index < -0.39 is 12.3 Å². The van der Waals surface area contributed by atoms with Crippen LogP contribution in [0.3, 0.4) is 0 Å².